The molecule has 3 nitrogen and oxygen atoms in total. The highest BCUT2D eigenvalue weighted by Gasteiger charge is 2.33. The molecule has 0 radical (unpaired) electrons. The summed E-state index contributed by atoms with van der Waals surface area (Å²) in [6.45, 7) is 0.409. The second-order valence-electron chi connectivity index (χ2n) is 4.16. The van der Waals surface area contributed by atoms with Gasteiger partial charge >= 0.3 is 0 Å². The second kappa shape index (κ2) is 4.78. The maximum absolute atomic E-state index is 13.6. The van der Waals surface area contributed by atoms with E-state index in [1.807, 2.05) is 6.07 Å². The number of benzene rings is 1. The van der Waals surface area contributed by atoms with Crippen molar-refractivity contribution in [3.8, 4) is 6.07 Å². The summed E-state index contributed by atoms with van der Waals surface area (Å²) in [7, 11) is 0. The topological polar surface area (TPSA) is 47.3 Å². The van der Waals surface area contributed by atoms with E-state index >= 15 is 0 Å². The van der Waals surface area contributed by atoms with Gasteiger partial charge in [-0.05, 0) is 24.6 Å². The third-order valence-corrected chi connectivity index (χ3v) is 2.97. The van der Waals surface area contributed by atoms with Gasteiger partial charge in [-0.3, -0.25) is 4.90 Å². The van der Waals surface area contributed by atoms with Crippen molar-refractivity contribution >= 4 is 0 Å². The van der Waals surface area contributed by atoms with Crippen LogP contribution in [0, 0.1) is 23.0 Å². The monoisotopic (exact) mass is 238 g/mol. The van der Waals surface area contributed by atoms with E-state index in [1.54, 1.807) is 4.90 Å². The molecule has 2 rings (SSSR count). The Bertz CT molecular complexity index is 458. The first kappa shape index (κ1) is 12.0. The lowest BCUT2D eigenvalue weighted by Gasteiger charge is -2.21. The predicted molar refractivity (Wildman–Crippen MR) is 56.9 cm³/mol. The average molecular weight is 238 g/mol. The first-order chi connectivity index (χ1) is 8.11. The molecule has 1 fully saturated rings. The van der Waals surface area contributed by atoms with Gasteiger partial charge in [0.15, 0.2) is 0 Å². The fourth-order valence-electron chi connectivity index (χ4n) is 2.24. The van der Waals surface area contributed by atoms with E-state index < -0.39 is 23.8 Å². The van der Waals surface area contributed by atoms with Crippen molar-refractivity contribution in [2.24, 2.45) is 0 Å². The molecule has 1 N–H and O–H groups in total. The van der Waals surface area contributed by atoms with E-state index in [-0.39, 0.29) is 12.1 Å². The fourth-order valence-corrected chi connectivity index (χ4v) is 2.24. The van der Waals surface area contributed by atoms with Gasteiger partial charge in [0, 0.05) is 18.2 Å². The van der Waals surface area contributed by atoms with Crippen LogP contribution >= 0.6 is 0 Å². The summed E-state index contributed by atoms with van der Waals surface area (Å²) >= 11 is 0. The number of nitrogens with zero attached hydrogens (tertiary/aromatic N) is 2. The Hall–Kier alpha value is -1.51. The zero-order valence-corrected chi connectivity index (χ0v) is 9.11. The highest BCUT2D eigenvalue weighted by Crippen LogP contribution is 2.33. The number of hydrogen-bond donors (Lipinski definition) is 1. The summed E-state index contributed by atoms with van der Waals surface area (Å²) in [5.74, 6) is -1.02. The Morgan fingerprint density at radius 1 is 1.47 bits per heavy atom. The molecule has 0 aromatic heterocycles. The van der Waals surface area contributed by atoms with Crippen LogP contribution in [0.3, 0.4) is 0 Å². The van der Waals surface area contributed by atoms with Crippen molar-refractivity contribution in [1.82, 2.24) is 4.90 Å². The first-order valence-electron chi connectivity index (χ1n) is 5.36. The van der Waals surface area contributed by atoms with Crippen molar-refractivity contribution in [3.63, 3.8) is 0 Å². The van der Waals surface area contributed by atoms with E-state index in [0.717, 1.165) is 18.2 Å². The van der Waals surface area contributed by atoms with Gasteiger partial charge in [-0.15, -0.1) is 0 Å². The van der Waals surface area contributed by atoms with Crippen LogP contribution in [0.15, 0.2) is 18.2 Å². The molecule has 0 amide bonds. The number of hydrogen-bond acceptors (Lipinski definition) is 3. The zero-order chi connectivity index (χ0) is 12.4. The molecule has 1 aliphatic rings. The van der Waals surface area contributed by atoms with Gasteiger partial charge in [0.05, 0.1) is 18.7 Å². The van der Waals surface area contributed by atoms with E-state index in [1.165, 1.54) is 0 Å². The Kier molecular flexibility index (Phi) is 3.36. The zero-order valence-electron chi connectivity index (χ0n) is 9.11. The van der Waals surface area contributed by atoms with Crippen LogP contribution < -0.4 is 0 Å². The minimum Gasteiger partial charge on any atom is -0.392 e. The number of nitriles is 1. The normalized spacial score (nSPS) is 24.8. The number of aliphatic hydroxyl groups excluding tert-OH is 1. The largest absolute Gasteiger partial charge is 0.392 e. The minimum atomic E-state index is -0.601. The number of aliphatic hydroxyl groups is 1. The lowest BCUT2D eigenvalue weighted by Crippen LogP contribution is -2.25. The molecule has 17 heavy (non-hydrogen) atoms. The number of halogens is 2. The summed E-state index contributed by atoms with van der Waals surface area (Å²) < 4.78 is 26.7. The molecule has 0 aliphatic carbocycles. The number of likely N-dealkylation sites (tertiary alicyclic amines) is 1. The van der Waals surface area contributed by atoms with Crippen LogP contribution in [0.5, 0.6) is 0 Å². The third-order valence-electron chi connectivity index (χ3n) is 2.97. The Morgan fingerprint density at radius 3 is 2.94 bits per heavy atom. The van der Waals surface area contributed by atoms with E-state index in [2.05, 4.69) is 0 Å². The number of β-amino-alcohol motifs (C(OH)–C–C–N with tert-alkyl or cyclic N) is 1. The van der Waals surface area contributed by atoms with Gasteiger partial charge in [0.2, 0.25) is 0 Å². The molecule has 90 valence electrons. The summed E-state index contributed by atoms with van der Waals surface area (Å²) in [4.78, 5) is 1.66. The van der Waals surface area contributed by atoms with E-state index in [4.69, 9.17) is 5.26 Å². The molecule has 1 aliphatic heterocycles. The molecule has 2 atom stereocenters. The molecule has 1 aromatic rings. The smallest absolute Gasteiger partial charge is 0.128 e. The minimum absolute atomic E-state index is 0.0949. The standard InChI is InChI=1S/C12H12F2N2O/c13-8-1-2-11(14)10(5-8)12-6-9(17)7-16(12)4-3-15/h1-2,5,9,12,17H,4,6-7H2/t9-,12-/m0/s1. The fraction of sp³-hybridized carbons (Fsp3) is 0.417. The molecule has 0 spiro atoms. The summed E-state index contributed by atoms with van der Waals surface area (Å²) in [5.41, 5.74) is 0.205. The molecule has 1 heterocycles. The summed E-state index contributed by atoms with van der Waals surface area (Å²) in [6, 6.07) is 4.78. The van der Waals surface area contributed by atoms with Crippen LogP contribution in [0.1, 0.15) is 18.0 Å². The summed E-state index contributed by atoms with van der Waals surface area (Å²) in [6.07, 6.45) is -0.279. The SMILES string of the molecule is N#CCN1C[C@@H](O)C[C@H]1c1cc(F)ccc1F. The Balaban J connectivity index is 2.31. The molecular formula is C12H12F2N2O. The molecule has 1 saturated heterocycles. The van der Waals surface area contributed by atoms with Crippen LogP contribution in [-0.2, 0) is 0 Å². The van der Waals surface area contributed by atoms with Crippen molar-refractivity contribution in [3.05, 3.63) is 35.4 Å². The first-order valence-corrected chi connectivity index (χ1v) is 5.36. The van der Waals surface area contributed by atoms with Crippen LogP contribution in [0.4, 0.5) is 8.78 Å². The van der Waals surface area contributed by atoms with Gasteiger partial charge in [-0.25, -0.2) is 8.78 Å². The van der Waals surface area contributed by atoms with Crippen molar-refractivity contribution < 1.29 is 13.9 Å². The highest BCUT2D eigenvalue weighted by molar-refractivity contribution is 5.24. The molecule has 0 unspecified atom stereocenters. The van der Waals surface area contributed by atoms with Gasteiger partial charge in [0.25, 0.3) is 0 Å². The molecule has 1 aromatic carbocycles. The van der Waals surface area contributed by atoms with Crippen molar-refractivity contribution in [2.45, 2.75) is 18.6 Å². The Morgan fingerprint density at radius 2 is 2.24 bits per heavy atom. The maximum atomic E-state index is 13.6. The van der Waals surface area contributed by atoms with Crippen LogP contribution in [0.2, 0.25) is 0 Å². The van der Waals surface area contributed by atoms with E-state index in [9.17, 15) is 13.9 Å². The van der Waals surface area contributed by atoms with Gasteiger partial charge in [0.1, 0.15) is 11.6 Å². The summed E-state index contributed by atoms with van der Waals surface area (Å²) in [5, 5.41) is 18.2. The van der Waals surface area contributed by atoms with Gasteiger partial charge in [-0.1, -0.05) is 0 Å². The molecule has 0 saturated carbocycles. The van der Waals surface area contributed by atoms with Gasteiger partial charge < -0.3 is 5.11 Å². The van der Waals surface area contributed by atoms with E-state index in [0.29, 0.717) is 13.0 Å². The molecule has 5 heteroatoms. The lowest BCUT2D eigenvalue weighted by molar-refractivity contribution is 0.179. The second-order valence-corrected chi connectivity index (χ2v) is 4.16. The highest BCUT2D eigenvalue weighted by atomic mass is 19.1. The predicted octanol–water partition coefficient (Wildman–Crippen LogP) is 1.60. The van der Waals surface area contributed by atoms with Crippen LogP contribution in [-0.4, -0.2) is 29.2 Å². The maximum Gasteiger partial charge on any atom is 0.128 e. The van der Waals surface area contributed by atoms with Crippen molar-refractivity contribution in [1.29, 1.82) is 5.26 Å². The third kappa shape index (κ3) is 2.43. The van der Waals surface area contributed by atoms with Crippen LogP contribution in [0.25, 0.3) is 0 Å². The lowest BCUT2D eigenvalue weighted by atomic mass is 10.0. The molecule has 0 bridgehead atoms. The quantitative estimate of drug-likeness (QED) is 0.796. The Labute approximate surface area is 97.9 Å². The van der Waals surface area contributed by atoms with Gasteiger partial charge in [-0.2, -0.15) is 5.26 Å². The average Bonchev–Trinajstić information content (AvgIpc) is 2.64. The molecular weight excluding hydrogens is 226 g/mol. The number of rotatable bonds is 2. The van der Waals surface area contributed by atoms with Crippen molar-refractivity contribution in [2.75, 3.05) is 13.1 Å².